The Balaban J connectivity index is 1.95. The quantitative estimate of drug-likeness (QED) is 0.665. The molecular weight excluding hydrogens is 256 g/mol. The molecule has 3 aliphatic carbocycles. The molecule has 3 aliphatic rings. The summed E-state index contributed by atoms with van der Waals surface area (Å²) in [5.74, 6) is 1.47. The summed E-state index contributed by atoms with van der Waals surface area (Å²) in [6, 6.07) is 0. The Morgan fingerprint density at radius 3 is 2.57 bits per heavy atom. The number of allylic oxidation sites excluding steroid dienone is 2. The molecule has 0 amide bonds. The van der Waals surface area contributed by atoms with Crippen LogP contribution < -0.4 is 0 Å². The molecule has 0 spiro atoms. The van der Waals surface area contributed by atoms with Crippen LogP contribution >= 0.6 is 0 Å². The molecule has 1 N–H and O–H groups in total. The normalized spacial score (nSPS) is 48.8. The minimum Gasteiger partial charge on any atom is -0.392 e. The Morgan fingerprint density at radius 1 is 1.19 bits per heavy atom. The lowest BCUT2D eigenvalue weighted by Gasteiger charge is -2.59. The average molecular weight is 288 g/mol. The Bertz CT molecular complexity index is 474. The summed E-state index contributed by atoms with van der Waals surface area (Å²) < 4.78 is 0. The highest BCUT2D eigenvalue weighted by molar-refractivity contribution is 5.28. The van der Waals surface area contributed by atoms with E-state index in [1.807, 2.05) is 0 Å². The summed E-state index contributed by atoms with van der Waals surface area (Å²) in [5.41, 5.74) is 2.29. The lowest BCUT2D eigenvalue weighted by molar-refractivity contribution is -0.0459. The Labute approximate surface area is 130 Å². The van der Waals surface area contributed by atoms with E-state index in [2.05, 4.69) is 46.4 Å². The molecule has 2 saturated carbocycles. The van der Waals surface area contributed by atoms with Crippen LogP contribution in [-0.4, -0.2) is 11.2 Å². The van der Waals surface area contributed by atoms with Gasteiger partial charge in [-0.15, -0.1) is 6.58 Å². The van der Waals surface area contributed by atoms with Crippen LogP contribution in [0, 0.1) is 28.1 Å². The van der Waals surface area contributed by atoms with E-state index in [-0.39, 0.29) is 11.5 Å². The number of aliphatic hydroxyl groups excluding tert-OH is 1. The van der Waals surface area contributed by atoms with E-state index >= 15 is 0 Å². The molecule has 0 radical (unpaired) electrons. The summed E-state index contributed by atoms with van der Waals surface area (Å²) >= 11 is 0. The third kappa shape index (κ3) is 2.15. The van der Waals surface area contributed by atoms with Crippen LogP contribution in [0.3, 0.4) is 0 Å². The summed E-state index contributed by atoms with van der Waals surface area (Å²) in [4.78, 5) is 0. The van der Waals surface area contributed by atoms with Gasteiger partial charge in [0.15, 0.2) is 0 Å². The summed E-state index contributed by atoms with van der Waals surface area (Å²) in [7, 11) is 0. The number of rotatable bonds is 1. The lowest BCUT2D eigenvalue weighted by Crippen LogP contribution is -2.51. The van der Waals surface area contributed by atoms with Crippen molar-refractivity contribution in [3.8, 4) is 0 Å². The Morgan fingerprint density at radius 2 is 1.90 bits per heavy atom. The van der Waals surface area contributed by atoms with Gasteiger partial charge < -0.3 is 5.11 Å². The fourth-order valence-electron chi connectivity index (χ4n) is 5.50. The maximum atomic E-state index is 10.4. The minimum absolute atomic E-state index is 0.0317. The van der Waals surface area contributed by atoms with Crippen molar-refractivity contribution in [2.45, 2.75) is 72.3 Å². The van der Waals surface area contributed by atoms with Crippen LogP contribution in [0.15, 0.2) is 24.3 Å². The number of hydrogen-bond acceptors (Lipinski definition) is 1. The molecule has 0 aromatic carbocycles. The van der Waals surface area contributed by atoms with E-state index in [1.165, 1.54) is 32.1 Å². The Kier molecular flexibility index (Phi) is 3.44. The van der Waals surface area contributed by atoms with Gasteiger partial charge in [-0.25, -0.2) is 0 Å². The largest absolute Gasteiger partial charge is 0.392 e. The number of hydrogen-bond donors (Lipinski definition) is 1. The monoisotopic (exact) mass is 288 g/mol. The Hall–Kier alpha value is -0.560. The van der Waals surface area contributed by atoms with Crippen molar-refractivity contribution in [1.29, 1.82) is 0 Å². The highest BCUT2D eigenvalue weighted by Crippen LogP contribution is 2.63. The molecule has 1 nitrogen and oxygen atoms in total. The first kappa shape index (κ1) is 15.3. The van der Waals surface area contributed by atoms with Gasteiger partial charge in [0, 0.05) is 5.41 Å². The zero-order valence-corrected chi connectivity index (χ0v) is 14.3. The first-order chi connectivity index (χ1) is 9.73. The van der Waals surface area contributed by atoms with Crippen molar-refractivity contribution < 1.29 is 5.11 Å². The van der Waals surface area contributed by atoms with Gasteiger partial charge in [0.2, 0.25) is 0 Å². The second-order valence-electron chi connectivity index (χ2n) is 9.03. The first-order valence-electron chi connectivity index (χ1n) is 8.75. The topological polar surface area (TPSA) is 20.2 Å². The highest BCUT2D eigenvalue weighted by Gasteiger charge is 2.54. The minimum atomic E-state index is -0.165. The van der Waals surface area contributed by atoms with Crippen molar-refractivity contribution in [3.63, 3.8) is 0 Å². The summed E-state index contributed by atoms with van der Waals surface area (Å²) in [6.07, 6.45) is 11.7. The number of aliphatic hydroxyl groups is 1. The molecule has 0 aromatic heterocycles. The van der Waals surface area contributed by atoms with Gasteiger partial charge in [-0.1, -0.05) is 45.4 Å². The molecule has 21 heavy (non-hydrogen) atoms. The van der Waals surface area contributed by atoms with Crippen LogP contribution in [0.2, 0.25) is 0 Å². The molecule has 0 unspecified atom stereocenters. The fraction of sp³-hybridized carbons (Fsp3) is 0.800. The van der Waals surface area contributed by atoms with E-state index in [9.17, 15) is 5.11 Å². The molecular formula is C20H32O. The van der Waals surface area contributed by atoms with Gasteiger partial charge in [0.25, 0.3) is 0 Å². The molecule has 0 aromatic rings. The van der Waals surface area contributed by atoms with Crippen molar-refractivity contribution in [1.82, 2.24) is 0 Å². The fourth-order valence-corrected chi connectivity index (χ4v) is 5.50. The van der Waals surface area contributed by atoms with E-state index in [4.69, 9.17) is 0 Å². The molecule has 118 valence electrons. The third-order valence-electron chi connectivity index (χ3n) is 7.47. The third-order valence-corrected chi connectivity index (χ3v) is 7.47. The second kappa shape index (κ2) is 4.72. The molecule has 5 atom stereocenters. The molecule has 0 aliphatic heterocycles. The molecule has 3 rings (SSSR count). The standard InChI is InChI=1S/C20H32O/c1-6-19(4)11-12-20(5)14(13-19)7-8-15-16(20)9-10-17(21)18(15,2)3/h6,8,14,16-17,21H,1,7,9-13H2,2-5H3/t14-,16-,17-,19-,20-/m0/s1. The zero-order chi connectivity index (χ0) is 15.5. The van der Waals surface area contributed by atoms with E-state index in [0.29, 0.717) is 16.7 Å². The predicted octanol–water partition coefficient (Wildman–Crippen LogP) is 5.11. The van der Waals surface area contributed by atoms with E-state index in [0.717, 1.165) is 12.3 Å². The van der Waals surface area contributed by atoms with Gasteiger partial charge in [0.1, 0.15) is 0 Å². The number of fused-ring (bicyclic) bond motifs is 3. The van der Waals surface area contributed by atoms with Crippen molar-refractivity contribution >= 4 is 0 Å². The SMILES string of the molecule is C=C[C@@]1(C)CC[C@@]2(C)[C@@H](CC=C3[C@@H]2CC[C@H](O)C3(C)C)C1. The van der Waals surface area contributed by atoms with Gasteiger partial charge >= 0.3 is 0 Å². The smallest absolute Gasteiger partial charge is 0.0628 e. The average Bonchev–Trinajstić information content (AvgIpc) is 2.44. The van der Waals surface area contributed by atoms with Crippen LogP contribution in [0.5, 0.6) is 0 Å². The molecule has 1 heteroatoms. The second-order valence-corrected chi connectivity index (χ2v) is 9.03. The maximum Gasteiger partial charge on any atom is 0.0628 e. The van der Waals surface area contributed by atoms with Crippen LogP contribution in [0.1, 0.15) is 66.2 Å². The molecule has 0 heterocycles. The summed E-state index contributed by atoms with van der Waals surface area (Å²) in [6.45, 7) is 13.5. The maximum absolute atomic E-state index is 10.4. The molecule has 0 bridgehead atoms. The zero-order valence-electron chi connectivity index (χ0n) is 14.3. The van der Waals surface area contributed by atoms with Crippen molar-refractivity contribution in [2.75, 3.05) is 0 Å². The molecule has 2 fully saturated rings. The summed E-state index contributed by atoms with van der Waals surface area (Å²) in [5, 5.41) is 10.4. The first-order valence-corrected chi connectivity index (χ1v) is 8.75. The van der Waals surface area contributed by atoms with Gasteiger partial charge in [-0.05, 0) is 61.2 Å². The predicted molar refractivity (Wildman–Crippen MR) is 89.0 cm³/mol. The van der Waals surface area contributed by atoms with Crippen molar-refractivity contribution in [3.05, 3.63) is 24.3 Å². The van der Waals surface area contributed by atoms with Gasteiger partial charge in [0.05, 0.1) is 6.10 Å². The van der Waals surface area contributed by atoms with Crippen LogP contribution in [-0.2, 0) is 0 Å². The van der Waals surface area contributed by atoms with Gasteiger partial charge in [-0.3, -0.25) is 0 Å². The molecule has 0 saturated heterocycles. The van der Waals surface area contributed by atoms with Gasteiger partial charge in [-0.2, -0.15) is 0 Å². The van der Waals surface area contributed by atoms with E-state index < -0.39 is 0 Å². The highest BCUT2D eigenvalue weighted by atomic mass is 16.3. The van der Waals surface area contributed by atoms with Crippen molar-refractivity contribution in [2.24, 2.45) is 28.1 Å². The van der Waals surface area contributed by atoms with Crippen LogP contribution in [0.4, 0.5) is 0 Å². The van der Waals surface area contributed by atoms with Crippen LogP contribution in [0.25, 0.3) is 0 Å². The van der Waals surface area contributed by atoms with E-state index in [1.54, 1.807) is 5.57 Å². The lowest BCUT2D eigenvalue weighted by atomic mass is 9.46.